The maximum atomic E-state index is 5.94. The van der Waals surface area contributed by atoms with Crippen LogP contribution in [0.25, 0.3) is 0 Å². The van der Waals surface area contributed by atoms with E-state index in [9.17, 15) is 0 Å². The number of rotatable bonds is 4. The van der Waals surface area contributed by atoms with E-state index in [1.165, 1.54) is 37.7 Å². The maximum Gasteiger partial charge on any atom is 0.0409 e. The molecule has 0 atom stereocenters. The van der Waals surface area contributed by atoms with Crippen LogP contribution < -0.4 is 5.32 Å². The van der Waals surface area contributed by atoms with Crippen molar-refractivity contribution in [2.45, 2.75) is 38.6 Å². The Morgan fingerprint density at radius 3 is 2.75 bits per heavy atom. The van der Waals surface area contributed by atoms with Gasteiger partial charge in [-0.15, -0.1) is 0 Å². The monoisotopic (exact) mass is 237 g/mol. The van der Waals surface area contributed by atoms with E-state index in [1.54, 1.807) is 0 Å². The molecule has 2 rings (SSSR count). The van der Waals surface area contributed by atoms with E-state index in [4.69, 9.17) is 11.6 Å². The van der Waals surface area contributed by atoms with Gasteiger partial charge in [-0.2, -0.15) is 0 Å². The van der Waals surface area contributed by atoms with Crippen molar-refractivity contribution >= 4 is 11.6 Å². The van der Waals surface area contributed by atoms with Crippen LogP contribution in [-0.2, 0) is 6.54 Å². The van der Waals surface area contributed by atoms with Crippen LogP contribution in [0.15, 0.2) is 24.3 Å². The highest BCUT2D eigenvalue weighted by atomic mass is 35.5. The first-order chi connectivity index (χ1) is 7.84. The summed E-state index contributed by atoms with van der Waals surface area (Å²) >= 11 is 5.94. The van der Waals surface area contributed by atoms with Crippen molar-refractivity contribution in [3.8, 4) is 0 Å². The molecule has 0 bridgehead atoms. The van der Waals surface area contributed by atoms with Crippen LogP contribution >= 0.6 is 11.6 Å². The van der Waals surface area contributed by atoms with E-state index in [0.717, 1.165) is 24.0 Å². The summed E-state index contributed by atoms with van der Waals surface area (Å²) < 4.78 is 0. The molecule has 1 aromatic carbocycles. The highest BCUT2D eigenvalue weighted by Gasteiger charge is 2.12. The van der Waals surface area contributed by atoms with Gasteiger partial charge in [-0.05, 0) is 43.0 Å². The van der Waals surface area contributed by atoms with Gasteiger partial charge in [-0.25, -0.2) is 0 Å². The molecule has 1 fully saturated rings. The molecule has 16 heavy (non-hydrogen) atoms. The average Bonchev–Trinajstić information content (AvgIpc) is 2.30. The third-order valence-corrected chi connectivity index (χ3v) is 3.61. The maximum absolute atomic E-state index is 5.94. The lowest BCUT2D eigenvalue weighted by Gasteiger charge is -2.21. The molecular formula is C14H20ClN. The van der Waals surface area contributed by atoms with Crippen molar-refractivity contribution in [3.05, 3.63) is 34.9 Å². The average molecular weight is 238 g/mol. The van der Waals surface area contributed by atoms with Crippen LogP contribution in [0.2, 0.25) is 5.02 Å². The van der Waals surface area contributed by atoms with Gasteiger partial charge in [0.15, 0.2) is 0 Å². The molecule has 1 aliphatic carbocycles. The van der Waals surface area contributed by atoms with Gasteiger partial charge in [-0.3, -0.25) is 0 Å². The second-order valence-electron chi connectivity index (χ2n) is 4.76. The molecule has 0 aromatic heterocycles. The zero-order valence-electron chi connectivity index (χ0n) is 9.71. The third kappa shape index (κ3) is 3.80. The summed E-state index contributed by atoms with van der Waals surface area (Å²) in [7, 11) is 0. The van der Waals surface area contributed by atoms with Crippen molar-refractivity contribution in [1.29, 1.82) is 0 Å². The minimum Gasteiger partial charge on any atom is -0.312 e. The zero-order chi connectivity index (χ0) is 11.2. The largest absolute Gasteiger partial charge is 0.312 e. The molecule has 0 spiro atoms. The molecular weight excluding hydrogens is 218 g/mol. The van der Waals surface area contributed by atoms with E-state index in [0.29, 0.717) is 0 Å². The van der Waals surface area contributed by atoms with Crippen molar-refractivity contribution in [2.75, 3.05) is 6.54 Å². The quantitative estimate of drug-likeness (QED) is 0.835. The Bertz CT molecular complexity index is 318. The summed E-state index contributed by atoms with van der Waals surface area (Å²) in [6, 6.07) is 8.10. The predicted molar refractivity (Wildman–Crippen MR) is 69.7 cm³/mol. The summed E-state index contributed by atoms with van der Waals surface area (Å²) in [5.41, 5.74) is 1.28. The van der Waals surface area contributed by atoms with Gasteiger partial charge in [0.25, 0.3) is 0 Å². The second-order valence-corrected chi connectivity index (χ2v) is 5.20. The van der Waals surface area contributed by atoms with E-state index in [-0.39, 0.29) is 0 Å². The van der Waals surface area contributed by atoms with Gasteiger partial charge in [0, 0.05) is 11.6 Å². The summed E-state index contributed by atoms with van der Waals surface area (Å²) in [5, 5.41) is 4.37. The minimum absolute atomic E-state index is 0.831. The molecule has 2 heteroatoms. The third-order valence-electron chi connectivity index (χ3n) is 3.38. The fraction of sp³-hybridized carbons (Fsp3) is 0.571. The SMILES string of the molecule is Clc1cccc(CNCC2CCCCC2)c1. The summed E-state index contributed by atoms with van der Waals surface area (Å²) in [4.78, 5) is 0. The molecule has 1 nitrogen and oxygen atoms in total. The fourth-order valence-corrected chi connectivity index (χ4v) is 2.67. The normalized spacial score (nSPS) is 17.6. The Balaban J connectivity index is 1.71. The smallest absolute Gasteiger partial charge is 0.0409 e. The topological polar surface area (TPSA) is 12.0 Å². The number of halogens is 1. The summed E-state index contributed by atoms with van der Waals surface area (Å²) in [5.74, 6) is 0.896. The van der Waals surface area contributed by atoms with E-state index >= 15 is 0 Å². The predicted octanol–water partition coefficient (Wildman–Crippen LogP) is 4.01. The van der Waals surface area contributed by atoms with Gasteiger partial charge in [0.05, 0.1) is 0 Å². The van der Waals surface area contributed by atoms with Crippen LogP contribution in [0.4, 0.5) is 0 Å². The Hall–Kier alpha value is -0.530. The minimum atomic E-state index is 0.831. The van der Waals surface area contributed by atoms with E-state index < -0.39 is 0 Å². The number of benzene rings is 1. The van der Waals surface area contributed by atoms with Crippen molar-refractivity contribution in [3.63, 3.8) is 0 Å². The molecule has 1 saturated carbocycles. The number of hydrogen-bond acceptors (Lipinski definition) is 1. The first-order valence-corrected chi connectivity index (χ1v) is 6.67. The highest BCUT2D eigenvalue weighted by Crippen LogP contribution is 2.22. The fourth-order valence-electron chi connectivity index (χ4n) is 2.46. The van der Waals surface area contributed by atoms with Gasteiger partial charge in [0.2, 0.25) is 0 Å². The Labute approximate surface area is 103 Å². The molecule has 88 valence electrons. The molecule has 0 saturated heterocycles. The van der Waals surface area contributed by atoms with Crippen molar-refractivity contribution in [2.24, 2.45) is 5.92 Å². The molecule has 0 amide bonds. The standard InChI is InChI=1S/C14H20ClN/c15-14-8-4-7-13(9-14)11-16-10-12-5-2-1-3-6-12/h4,7-9,12,16H,1-3,5-6,10-11H2. The van der Waals surface area contributed by atoms with Gasteiger partial charge < -0.3 is 5.32 Å². The highest BCUT2D eigenvalue weighted by molar-refractivity contribution is 6.30. The van der Waals surface area contributed by atoms with Crippen LogP contribution in [-0.4, -0.2) is 6.54 Å². The summed E-state index contributed by atoms with van der Waals surface area (Å²) in [6.45, 7) is 2.10. The molecule has 0 unspecified atom stereocenters. The Morgan fingerprint density at radius 2 is 2.00 bits per heavy atom. The molecule has 0 aliphatic heterocycles. The van der Waals surface area contributed by atoms with Gasteiger partial charge >= 0.3 is 0 Å². The van der Waals surface area contributed by atoms with Gasteiger partial charge in [0.1, 0.15) is 0 Å². The van der Waals surface area contributed by atoms with E-state index in [2.05, 4.69) is 11.4 Å². The molecule has 1 aliphatic rings. The molecule has 0 radical (unpaired) electrons. The van der Waals surface area contributed by atoms with Crippen LogP contribution in [0.5, 0.6) is 0 Å². The number of nitrogens with one attached hydrogen (secondary N) is 1. The lowest BCUT2D eigenvalue weighted by molar-refractivity contribution is 0.342. The van der Waals surface area contributed by atoms with Crippen LogP contribution in [0.3, 0.4) is 0 Å². The molecule has 1 aromatic rings. The van der Waals surface area contributed by atoms with Gasteiger partial charge in [-0.1, -0.05) is 43.0 Å². The summed E-state index contributed by atoms with van der Waals surface area (Å²) in [6.07, 6.45) is 7.09. The lowest BCUT2D eigenvalue weighted by atomic mass is 9.89. The Morgan fingerprint density at radius 1 is 1.19 bits per heavy atom. The van der Waals surface area contributed by atoms with Crippen LogP contribution in [0, 0.1) is 5.92 Å². The van der Waals surface area contributed by atoms with Crippen LogP contribution in [0.1, 0.15) is 37.7 Å². The zero-order valence-corrected chi connectivity index (χ0v) is 10.5. The van der Waals surface area contributed by atoms with Crippen molar-refractivity contribution in [1.82, 2.24) is 5.32 Å². The second kappa shape index (κ2) is 6.27. The molecule has 0 heterocycles. The molecule has 1 N–H and O–H groups in total. The first-order valence-electron chi connectivity index (χ1n) is 6.30. The Kier molecular flexibility index (Phi) is 4.68. The lowest BCUT2D eigenvalue weighted by Crippen LogP contribution is -2.24. The van der Waals surface area contributed by atoms with Crippen molar-refractivity contribution < 1.29 is 0 Å². The van der Waals surface area contributed by atoms with E-state index in [1.807, 2.05) is 18.2 Å². The first kappa shape index (κ1) is 11.9. The number of hydrogen-bond donors (Lipinski definition) is 1.